The molecule has 1 aromatic heterocycles. The minimum absolute atomic E-state index is 0.120. The maximum Gasteiger partial charge on any atom is 0.441 e. The Bertz CT molecular complexity index is 815. The van der Waals surface area contributed by atoms with Gasteiger partial charge in [0.25, 0.3) is 0 Å². The number of rotatable bonds is 3. The molecular formula is C18H18N2O4. The third-order valence-corrected chi connectivity index (χ3v) is 3.99. The first-order valence-corrected chi connectivity index (χ1v) is 8.18. The van der Waals surface area contributed by atoms with Crippen molar-refractivity contribution in [2.75, 3.05) is 19.8 Å². The van der Waals surface area contributed by atoms with Crippen LogP contribution in [0.1, 0.15) is 24.3 Å². The SMILES string of the molecule is O=c1oc(C[C@H]2COCCO2)nn1-c1ccc(C#CC2CC2)cc1. The largest absolute Gasteiger partial charge is 0.441 e. The molecule has 1 aromatic carbocycles. The monoisotopic (exact) mass is 326 g/mol. The predicted octanol–water partition coefficient (Wildman–Crippen LogP) is 1.54. The highest BCUT2D eigenvalue weighted by Gasteiger charge is 2.20. The van der Waals surface area contributed by atoms with Gasteiger partial charge in [0.2, 0.25) is 5.89 Å². The van der Waals surface area contributed by atoms with E-state index in [1.807, 2.05) is 24.3 Å². The summed E-state index contributed by atoms with van der Waals surface area (Å²) in [7, 11) is 0. The molecule has 2 aliphatic rings. The Balaban J connectivity index is 1.49. The molecular weight excluding hydrogens is 308 g/mol. The molecule has 0 spiro atoms. The summed E-state index contributed by atoms with van der Waals surface area (Å²) in [5, 5.41) is 4.25. The molecule has 6 nitrogen and oxygen atoms in total. The molecule has 6 heteroatoms. The van der Waals surface area contributed by atoms with E-state index in [1.54, 1.807) is 0 Å². The Morgan fingerprint density at radius 1 is 1.21 bits per heavy atom. The predicted molar refractivity (Wildman–Crippen MR) is 86.0 cm³/mol. The van der Waals surface area contributed by atoms with E-state index in [9.17, 15) is 4.79 Å². The Hall–Kier alpha value is -2.36. The maximum absolute atomic E-state index is 12.0. The second-order valence-electron chi connectivity index (χ2n) is 6.04. The molecule has 1 saturated heterocycles. The summed E-state index contributed by atoms with van der Waals surface area (Å²) in [5.74, 6) is 6.78. The van der Waals surface area contributed by atoms with E-state index in [4.69, 9.17) is 13.9 Å². The van der Waals surface area contributed by atoms with E-state index in [-0.39, 0.29) is 6.10 Å². The van der Waals surface area contributed by atoms with Gasteiger partial charge >= 0.3 is 5.76 Å². The number of aromatic nitrogens is 2. The zero-order chi connectivity index (χ0) is 16.4. The standard InChI is InChI=1S/C18H18N2O4/c21-18-20(19-17(24-18)11-16-12-22-9-10-23-16)15-7-5-14(6-8-15)4-3-13-1-2-13/h5-8,13,16H,1-2,9-12H2/t16-/m0/s1. The average molecular weight is 326 g/mol. The van der Waals surface area contributed by atoms with Crippen LogP contribution in [-0.2, 0) is 15.9 Å². The van der Waals surface area contributed by atoms with Gasteiger partial charge in [0.1, 0.15) is 0 Å². The average Bonchev–Trinajstić information content (AvgIpc) is 3.37. The molecule has 2 fully saturated rings. The van der Waals surface area contributed by atoms with Crippen molar-refractivity contribution in [3.05, 3.63) is 46.3 Å². The Morgan fingerprint density at radius 3 is 2.75 bits per heavy atom. The Morgan fingerprint density at radius 2 is 2.04 bits per heavy atom. The van der Waals surface area contributed by atoms with Crippen molar-refractivity contribution < 1.29 is 13.9 Å². The molecule has 2 aromatic rings. The van der Waals surface area contributed by atoms with Crippen LogP contribution in [0.4, 0.5) is 0 Å². The quantitative estimate of drug-likeness (QED) is 0.801. The maximum atomic E-state index is 12.0. The smallest absolute Gasteiger partial charge is 0.392 e. The van der Waals surface area contributed by atoms with E-state index < -0.39 is 5.76 Å². The van der Waals surface area contributed by atoms with Crippen molar-refractivity contribution in [2.45, 2.75) is 25.4 Å². The van der Waals surface area contributed by atoms with Gasteiger partial charge in [0.15, 0.2) is 0 Å². The van der Waals surface area contributed by atoms with Gasteiger partial charge in [-0.15, -0.1) is 5.10 Å². The van der Waals surface area contributed by atoms with Gasteiger partial charge in [-0.3, -0.25) is 0 Å². The lowest BCUT2D eigenvalue weighted by atomic mass is 10.2. The zero-order valence-corrected chi connectivity index (χ0v) is 13.2. The lowest BCUT2D eigenvalue weighted by Gasteiger charge is -2.21. The van der Waals surface area contributed by atoms with Crippen LogP contribution >= 0.6 is 0 Å². The zero-order valence-electron chi connectivity index (χ0n) is 13.2. The molecule has 0 amide bonds. The van der Waals surface area contributed by atoms with Gasteiger partial charge < -0.3 is 13.9 Å². The molecule has 124 valence electrons. The molecule has 1 aliphatic carbocycles. The molecule has 24 heavy (non-hydrogen) atoms. The highest BCUT2D eigenvalue weighted by molar-refractivity contribution is 5.41. The van der Waals surface area contributed by atoms with Crippen LogP contribution in [0.3, 0.4) is 0 Å². The summed E-state index contributed by atoms with van der Waals surface area (Å²) < 4.78 is 17.4. The third kappa shape index (κ3) is 3.58. The lowest BCUT2D eigenvalue weighted by molar-refractivity contribution is -0.0891. The van der Waals surface area contributed by atoms with Gasteiger partial charge in [-0.1, -0.05) is 11.8 Å². The number of hydrogen-bond acceptors (Lipinski definition) is 5. The van der Waals surface area contributed by atoms with Crippen LogP contribution in [0, 0.1) is 17.8 Å². The van der Waals surface area contributed by atoms with Gasteiger partial charge in [0, 0.05) is 11.5 Å². The summed E-state index contributed by atoms with van der Waals surface area (Å²) >= 11 is 0. The Kier molecular flexibility index (Phi) is 4.20. The molecule has 4 rings (SSSR count). The lowest BCUT2D eigenvalue weighted by Crippen LogP contribution is -2.30. The summed E-state index contributed by atoms with van der Waals surface area (Å²) in [6.45, 7) is 1.65. The summed E-state index contributed by atoms with van der Waals surface area (Å²) in [6.07, 6.45) is 2.72. The van der Waals surface area contributed by atoms with E-state index in [2.05, 4.69) is 16.9 Å². The van der Waals surface area contributed by atoms with Crippen molar-refractivity contribution in [3.63, 3.8) is 0 Å². The minimum Gasteiger partial charge on any atom is -0.392 e. The molecule has 0 unspecified atom stereocenters. The van der Waals surface area contributed by atoms with Gasteiger partial charge in [-0.25, -0.2) is 4.79 Å². The van der Waals surface area contributed by atoms with Gasteiger partial charge in [-0.05, 0) is 37.1 Å². The minimum atomic E-state index is -0.501. The van der Waals surface area contributed by atoms with Gasteiger partial charge in [-0.2, -0.15) is 4.68 Å². The molecule has 2 heterocycles. The Labute approximate surface area is 139 Å². The fraction of sp³-hybridized carbons (Fsp3) is 0.444. The molecule has 1 saturated carbocycles. The molecule has 0 radical (unpaired) electrons. The first kappa shape index (κ1) is 15.2. The van der Waals surface area contributed by atoms with Crippen LogP contribution in [0.15, 0.2) is 33.5 Å². The van der Waals surface area contributed by atoms with E-state index in [0.717, 1.165) is 5.56 Å². The number of nitrogens with zero attached hydrogens (tertiary/aromatic N) is 2. The van der Waals surface area contributed by atoms with Crippen LogP contribution in [0.2, 0.25) is 0 Å². The normalized spacial score (nSPS) is 20.4. The van der Waals surface area contributed by atoms with Crippen molar-refractivity contribution in [1.29, 1.82) is 0 Å². The molecule has 1 atom stereocenters. The second kappa shape index (κ2) is 6.63. The van der Waals surface area contributed by atoms with Crippen LogP contribution in [-0.4, -0.2) is 35.7 Å². The van der Waals surface area contributed by atoms with Crippen LogP contribution in [0.25, 0.3) is 5.69 Å². The molecule has 0 N–H and O–H groups in total. The van der Waals surface area contributed by atoms with E-state index in [0.29, 0.717) is 43.7 Å². The second-order valence-corrected chi connectivity index (χ2v) is 6.04. The first-order chi connectivity index (χ1) is 11.8. The molecule has 1 aliphatic heterocycles. The topological polar surface area (TPSA) is 66.5 Å². The third-order valence-electron chi connectivity index (χ3n) is 3.99. The summed E-state index contributed by atoms with van der Waals surface area (Å²) in [5.41, 5.74) is 1.60. The summed E-state index contributed by atoms with van der Waals surface area (Å²) in [6, 6.07) is 7.43. The van der Waals surface area contributed by atoms with Crippen LogP contribution < -0.4 is 5.76 Å². The highest BCUT2D eigenvalue weighted by Crippen LogP contribution is 2.27. The van der Waals surface area contributed by atoms with Crippen LogP contribution in [0.5, 0.6) is 0 Å². The van der Waals surface area contributed by atoms with Gasteiger partial charge in [0.05, 0.1) is 38.0 Å². The van der Waals surface area contributed by atoms with Crippen molar-refractivity contribution in [1.82, 2.24) is 9.78 Å². The molecule has 0 bridgehead atoms. The van der Waals surface area contributed by atoms with Crippen molar-refractivity contribution in [2.24, 2.45) is 5.92 Å². The number of hydrogen-bond donors (Lipinski definition) is 0. The fourth-order valence-corrected chi connectivity index (χ4v) is 2.51. The summed E-state index contributed by atoms with van der Waals surface area (Å²) in [4.78, 5) is 12.0. The van der Waals surface area contributed by atoms with Crippen molar-refractivity contribution in [3.8, 4) is 17.5 Å². The first-order valence-electron chi connectivity index (χ1n) is 8.18. The number of ether oxygens (including phenoxy) is 2. The van der Waals surface area contributed by atoms with E-state index in [1.165, 1.54) is 17.5 Å². The number of benzene rings is 1. The van der Waals surface area contributed by atoms with Crippen molar-refractivity contribution >= 4 is 0 Å². The fourth-order valence-electron chi connectivity index (χ4n) is 2.51. The van der Waals surface area contributed by atoms with E-state index >= 15 is 0 Å². The highest BCUT2D eigenvalue weighted by atomic mass is 16.6.